The van der Waals surface area contributed by atoms with Crippen LogP contribution >= 0.6 is 0 Å². The molecular weight excluding hydrogens is 336 g/mol. The Hall–Kier alpha value is -2.37. The molecule has 0 N–H and O–H groups in total. The maximum absolute atomic E-state index is 4.89. The van der Waals surface area contributed by atoms with Gasteiger partial charge in [-0.3, -0.25) is 9.36 Å². The molecule has 0 fully saturated rings. The Morgan fingerprint density at radius 1 is 1.04 bits per heavy atom. The van der Waals surface area contributed by atoms with Gasteiger partial charge in [0.2, 0.25) is 0 Å². The van der Waals surface area contributed by atoms with Crippen LogP contribution in [0.2, 0.25) is 0 Å². The number of nitrogens with zero attached hydrogens (tertiary/aromatic N) is 6. The number of imidazole rings is 1. The molecular formula is C21H32N6. The summed E-state index contributed by atoms with van der Waals surface area (Å²) in [5.41, 5.74) is 4.81. The maximum atomic E-state index is 4.89. The molecule has 0 aromatic carbocycles. The molecule has 0 aliphatic heterocycles. The number of aryl methyl sites for hydroxylation is 3. The van der Waals surface area contributed by atoms with E-state index in [2.05, 4.69) is 72.4 Å². The van der Waals surface area contributed by atoms with Crippen molar-refractivity contribution in [2.75, 3.05) is 0 Å². The average molecular weight is 369 g/mol. The van der Waals surface area contributed by atoms with E-state index in [1.54, 1.807) is 0 Å². The van der Waals surface area contributed by atoms with Gasteiger partial charge in [0, 0.05) is 50.1 Å². The minimum Gasteiger partial charge on any atom is -0.337 e. The molecule has 3 aromatic heterocycles. The van der Waals surface area contributed by atoms with Gasteiger partial charge < -0.3 is 4.57 Å². The number of hydrogen-bond donors (Lipinski definition) is 0. The lowest BCUT2D eigenvalue weighted by Gasteiger charge is -2.12. The van der Waals surface area contributed by atoms with E-state index in [1.165, 1.54) is 17.0 Å². The van der Waals surface area contributed by atoms with Gasteiger partial charge in [0.15, 0.2) is 0 Å². The predicted molar refractivity (Wildman–Crippen MR) is 108 cm³/mol. The first kappa shape index (κ1) is 19.4. The first-order chi connectivity index (χ1) is 12.8. The van der Waals surface area contributed by atoms with Crippen molar-refractivity contribution in [3.63, 3.8) is 0 Å². The van der Waals surface area contributed by atoms with Gasteiger partial charge in [0.05, 0.1) is 23.9 Å². The van der Waals surface area contributed by atoms with E-state index in [0.29, 0.717) is 17.8 Å². The van der Waals surface area contributed by atoms with Crippen LogP contribution in [0.4, 0.5) is 0 Å². The number of aromatic nitrogens is 6. The van der Waals surface area contributed by atoms with Crippen LogP contribution in [0.3, 0.4) is 0 Å². The molecule has 146 valence electrons. The molecule has 0 radical (unpaired) electrons. The summed E-state index contributed by atoms with van der Waals surface area (Å²) in [6.45, 7) is 12.8. The third-order valence-electron chi connectivity index (χ3n) is 5.31. The van der Waals surface area contributed by atoms with Gasteiger partial charge >= 0.3 is 0 Å². The predicted octanol–water partition coefficient (Wildman–Crippen LogP) is 4.24. The largest absolute Gasteiger partial charge is 0.337 e. The lowest BCUT2D eigenvalue weighted by molar-refractivity contribution is 0.510. The Morgan fingerprint density at radius 2 is 1.81 bits per heavy atom. The molecule has 0 bridgehead atoms. The van der Waals surface area contributed by atoms with Crippen LogP contribution in [-0.2, 0) is 20.1 Å². The van der Waals surface area contributed by atoms with E-state index in [0.717, 1.165) is 25.2 Å². The molecule has 0 amide bonds. The fraction of sp³-hybridized carbons (Fsp3) is 0.571. The van der Waals surface area contributed by atoms with E-state index in [1.807, 2.05) is 24.3 Å². The van der Waals surface area contributed by atoms with Crippen LogP contribution in [0.5, 0.6) is 0 Å². The zero-order valence-corrected chi connectivity index (χ0v) is 17.4. The lowest BCUT2D eigenvalue weighted by Crippen LogP contribution is -2.10. The fourth-order valence-electron chi connectivity index (χ4n) is 3.31. The smallest absolute Gasteiger partial charge is 0.0949 e. The Kier molecular flexibility index (Phi) is 5.82. The minimum atomic E-state index is 0.390. The SMILES string of the molecule is Cc1cc(C(C)CCn2cnc(C(C)C)c2)nn1CC(C)c1cnn(C)c1. The van der Waals surface area contributed by atoms with Gasteiger partial charge in [0.25, 0.3) is 0 Å². The van der Waals surface area contributed by atoms with Crippen LogP contribution in [0.1, 0.15) is 74.5 Å². The molecule has 2 unspecified atom stereocenters. The summed E-state index contributed by atoms with van der Waals surface area (Å²) in [7, 11) is 1.96. The fourth-order valence-corrected chi connectivity index (χ4v) is 3.31. The third-order valence-corrected chi connectivity index (χ3v) is 5.31. The van der Waals surface area contributed by atoms with E-state index < -0.39 is 0 Å². The quantitative estimate of drug-likeness (QED) is 0.597. The van der Waals surface area contributed by atoms with Crippen molar-refractivity contribution in [3.8, 4) is 0 Å². The van der Waals surface area contributed by atoms with E-state index in [4.69, 9.17) is 5.10 Å². The number of hydrogen-bond acceptors (Lipinski definition) is 3. The van der Waals surface area contributed by atoms with Crippen molar-refractivity contribution in [3.05, 3.63) is 53.6 Å². The van der Waals surface area contributed by atoms with E-state index in [9.17, 15) is 0 Å². The Labute approximate surface area is 162 Å². The lowest BCUT2D eigenvalue weighted by atomic mass is 10.0. The molecule has 2 atom stereocenters. The van der Waals surface area contributed by atoms with Crippen LogP contribution in [0.15, 0.2) is 31.0 Å². The van der Waals surface area contributed by atoms with Crippen molar-refractivity contribution in [1.82, 2.24) is 29.1 Å². The molecule has 3 rings (SSSR count). The summed E-state index contributed by atoms with van der Waals surface area (Å²) >= 11 is 0. The molecule has 0 aliphatic carbocycles. The maximum Gasteiger partial charge on any atom is 0.0949 e. The molecule has 0 saturated carbocycles. The summed E-state index contributed by atoms with van der Waals surface area (Å²) < 4.78 is 6.19. The van der Waals surface area contributed by atoms with Gasteiger partial charge in [-0.15, -0.1) is 0 Å². The molecule has 0 saturated heterocycles. The van der Waals surface area contributed by atoms with Gasteiger partial charge in [-0.1, -0.05) is 27.7 Å². The first-order valence-corrected chi connectivity index (χ1v) is 9.88. The summed E-state index contributed by atoms with van der Waals surface area (Å²) in [5.74, 6) is 1.29. The Balaban J connectivity index is 1.60. The molecule has 0 aliphatic rings. The van der Waals surface area contributed by atoms with Crippen molar-refractivity contribution in [1.29, 1.82) is 0 Å². The second-order valence-electron chi connectivity index (χ2n) is 8.12. The second kappa shape index (κ2) is 8.11. The van der Waals surface area contributed by atoms with Gasteiger partial charge in [-0.2, -0.15) is 10.2 Å². The summed E-state index contributed by atoms with van der Waals surface area (Å²) in [5, 5.41) is 9.17. The molecule has 6 heteroatoms. The summed E-state index contributed by atoms with van der Waals surface area (Å²) in [6.07, 6.45) is 9.20. The van der Waals surface area contributed by atoms with Crippen molar-refractivity contribution in [2.45, 2.75) is 71.9 Å². The van der Waals surface area contributed by atoms with Gasteiger partial charge in [-0.25, -0.2) is 4.98 Å². The van der Waals surface area contributed by atoms with Crippen molar-refractivity contribution < 1.29 is 0 Å². The standard InChI is InChI=1S/C21H32N6/c1-15(2)21-13-26(14-22-21)8-7-16(3)20-9-18(5)27(24-20)11-17(4)19-10-23-25(6)12-19/h9-10,12-17H,7-8,11H2,1-6H3. The van der Waals surface area contributed by atoms with E-state index >= 15 is 0 Å². The zero-order valence-electron chi connectivity index (χ0n) is 17.4. The highest BCUT2D eigenvalue weighted by Crippen LogP contribution is 2.22. The average Bonchev–Trinajstić information content (AvgIpc) is 3.33. The molecule has 27 heavy (non-hydrogen) atoms. The highest BCUT2D eigenvalue weighted by atomic mass is 15.3. The topological polar surface area (TPSA) is 53.5 Å². The minimum absolute atomic E-state index is 0.390. The Morgan fingerprint density at radius 3 is 2.44 bits per heavy atom. The molecule has 3 aromatic rings. The zero-order chi connectivity index (χ0) is 19.6. The molecule has 0 spiro atoms. The summed E-state index contributed by atoms with van der Waals surface area (Å²) in [4.78, 5) is 4.48. The van der Waals surface area contributed by atoms with Crippen LogP contribution in [0, 0.1) is 6.92 Å². The second-order valence-corrected chi connectivity index (χ2v) is 8.12. The van der Waals surface area contributed by atoms with Crippen molar-refractivity contribution >= 4 is 0 Å². The van der Waals surface area contributed by atoms with Gasteiger partial charge in [0.1, 0.15) is 0 Å². The van der Waals surface area contributed by atoms with Crippen LogP contribution in [-0.4, -0.2) is 29.1 Å². The Bertz CT molecular complexity index is 869. The molecule has 3 heterocycles. The summed E-state index contributed by atoms with van der Waals surface area (Å²) in [6, 6.07) is 2.23. The highest BCUT2D eigenvalue weighted by molar-refractivity contribution is 5.15. The van der Waals surface area contributed by atoms with E-state index in [-0.39, 0.29) is 0 Å². The first-order valence-electron chi connectivity index (χ1n) is 9.88. The highest BCUT2D eigenvalue weighted by Gasteiger charge is 2.15. The normalized spacial score (nSPS) is 14.0. The number of rotatable bonds is 8. The van der Waals surface area contributed by atoms with Crippen molar-refractivity contribution in [2.24, 2.45) is 7.05 Å². The van der Waals surface area contributed by atoms with Crippen LogP contribution < -0.4 is 0 Å². The monoisotopic (exact) mass is 368 g/mol. The molecule has 6 nitrogen and oxygen atoms in total. The third kappa shape index (κ3) is 4.67. The van der Waals surface area contributed by atoms with Crippen LogP contribution in [0.25, 0.3) is 0 Å². The van der Waals surface area contributed by atoms with Gasteiger partial charge in [-0.05, 0) is 30.9 Å².